The van der Waals surface area contributed by atoms with Gasteiger partial charge in [0.25, 0.3) is 0 Å². The summed E-state index contributed by atoms with van der Waals surface area (Å²) in [5.41, 5.74) is 4.09. The molecule has 0 aliphatic carbocycles. The molecular weight excluding hydrogens is 250 g/mol. The first kappa shape index (κ1) is 14.3. The predicted molar refractivity (Wildman–Crippen MR) is 85.8 cm³/mol. The van der Waals surface area contributed by atoms with E-state index < -0.39 is 0 Å². The van der Waals surface area contributed by atoms with Crippen LogP contribution in [0.5, 0.6) is 0 Å². The van der Waals surface area contributed by atoms with Crippen LogP contribution in [-0.4, -0.2) is 6.54 Å². The van der Waals surface area contributed by atoms with Gasteiger partial charge in [0.05, 0.1) is 0 Å². The van der Waals surface area contributed by atoms with Crippen LogP contribution < -0.4 is 5.32 Å². The highest BCUT2D eigenvalue weighted by Gasteiger charge is 2.09. The molecule has 1 aromatic heterocycles. The molecule has 1 nitrogen and oxygen atoms in total. The Morgan fingerprint density at radius 1 is 1.11 bits per heavy atom. The molecule has 0 saturated heterocycles. The van der Waals surface area contributed by atoms with Gasteiger partial charge in [0.15, 0.2) is 0 Å². The Bertz CT molecular complexity index is 498. The first-order chi connectivity index (χ1) is 9.26. The maximum Gasteiger partial charge on any atom is 0.0317 e. The zero-order valence-electron chi connectivity index (χ0n) is 12.1. The Balaban J connectivity index is 2.15. The maximum absolute atomic E-state index is 3.60. The SMILES string of the molecule is CCCNC(CC)c1ccc(-c2ccsc2C)cc1. The molecule has 0 spiro atoms. The topological polar surface area (TPSA) is 12.0 Å². The fraction of sp³-hybridized carbons (Fsp3) is 0.412. The summed E-state index contributed by atoms with van der Waals surface area (Å²) < 4.78 is 0. The van der Waals surface area contributed by atoms with Gasteiger partial charge >= 0.3 is 0 Å². The third-order valence-electron chi connectivity index (χ3n) is 3.53. The van der Waals surface area contributed by atoms with Crippen molar-refractivity contribution in [3.05, 3.63) is 46.2 Å². The van der Waals surface area contributed by atoms with Crippen LogP contribution >= 0.6 is 11.3 Å². The molecule has 2 heteroatoms. The standard InChI is InChI=1S/C17H23NS/c1-4-11-18-17(5-2)15-8-6-14(7-9-15)16-10-12-19-13(16)3/h6-10,12,17-18H,4-5,11H2,1-3H3. The van der Waals surface area contributed by atoms with E-state index in [4.69, 9.17) is 0 Å². The van der Waals surface area contributed by atoms with Crippen LogP contribution in [0.3, 0.4) is 0 Å². The van der Waals surface area contributed by atoms with Gasteiger partial charge in [-0.15, -0.1) is 11.3 Å². The molecule has 0 saturated carbocycles. The summed E-state index contributed by atoms with van der Waals surface area (Å²) in [6.45, 7) is 7.72. The van der Waals surface area contributed by atoms with E-state index in [1.807, 2.05) is 11.3 Å². The molecule has 0 aliphatic rings. The number of hydrogen-bond donors (Lipinski definition) is 1. The van der Waals surface area contributed by atoms with Crippen LogP contribution in [0.15, 0.2) is 35.7 Å². The molecule has 1 heterocycles. The van der Waals surface area contributed by atoms with Crippen LogP contribution in [0.4, 0.5) is 0 Å². The van der Waals surface area contributed by atoms with Gasteiger partial charge in [-0.05, 0) is 54.4 Å². The van der Waals surface area contributed by atoms with Crippen LogP contribution in [-0.2, 0) is 0 Å². The fourth-order valence-electron chi connectivity index (χ4n) is 2.40. The summed E-state index contributed by atoms with van der Waals surface area (Å²) >= 11 is 1.81. The first-order valence-electron chi connectivity index (χ1n) is 7.14. The lowest BCUT2D eigenvalue weighted by molar-refractivity contribution is 0.518. The molecule has 1 N–H and O–H groups in total. The number of rotatable bonds is 6. The number of hydrogen-bond acceptors (Lipinski definition) is 2. The van der Waals surface area contributed by atoms with E-state index in [-0.39, 0.29) is 0 Å². The van der Waals surface area contributed by atoms with E-state index in [1.54, 1.807) is 0 Å². The van der Waals surface area contributed by atoms with E-state index >= 15 is 0 Å². The van der Waals surface area contributed by atoms with E-state index in [9.17, 15) is 0 Å². The zero-order chi connectivity index (χ0) is 13.7. The first-order valence-corrected chi connectivity index (χ1v) is 8.02. The second kappa shape index (κ2) is 6.88. The molecule has 1 aromatic carbocycles. The van der Waals surface area contributed by atoms with Crippen molar-refractivity contribution in [3.8, 4) is 11.1 Å². The van der Waals surface area contributed by atoms with Crippen molar-refractivity contribution in [2.45, 2.75) is 39.7 Å². The monoisotopic (exact) mass is 273 g/mol. The normalized spacial score (nSPS) is 12.6. The van der Waals surface area contributed by atoms with Gasteiger partial charge in [-0.25, -0.2) is 0 Å². The van der Waals surface area contributed by atoms with Crippen molar-refractivity contribution in [1.82, 2.24) is 5.32 Å². The lowest BCUT2D eigenvalue weighted by atomic mass is 10.00. The van der Waals surface area contributed by atoms with Crippen molar-refractivity contribution in [2.24, 2.45) is 0 Å². The van der Waals surface area contributed by atoms with E-state index in [2.05, 4.69) is 61.8 Å². The molecule has 0 amide bonds. The Labute approximate surface area is 120 Å². The third-order valence-corrected chi connectivity index (χ3v) is 4.38. The number of nitrogens with one attached hydrogen (secondary N) is 1. The molecule has 0 radical (unpaired) electrons. The highest BCUT2D eigenvalue weighted by atomic mass is 32.1. The molecule has 1 unspecified atom stereocenters. The van der Waals surface area contributed by atoms with Gasteiger partial charge in [0.2, 0.25) is 0 Å². The molecule has 102 valence electrons. The Morgan fingerprint density at radius 2 is 1.84 bits per heavy atom. The summed E-state index contributed by atoms with van der Waals surface area (Å²) in [5, 5.41) is 5.77. The summed E-state index contributed by atoms with van der Waals surface area (Å²) in [6.07, 6.45) is 2.32. The second-order valence-electron chi connectivity index (χ2n) is 4.93. The summed E-state index contributed by atoms with van der Waals surface area (Å²) in [7, 11) is 0. The van der Waals surface area contributed by atoms with E-state index in [0.29, 0.717) is 6.04 Å². The third kappa shape index (κ3) is 3.46. The smallest absolute Gasteiger partial charge is 0.0317 e. The highest BCUT2D eigenvalue weighted by Crippen LogP contribution is 2.28. The quantitative estimate of drug-likeness (QED) is 0.765. The Hall–Kier alpha value is -1.12. The largest absolute Gasteiger partial charge is 0.310 e. The molecule has 2 aromatic rings. The minimum Gasteiger partial charge on any atom is -0.310 e. The Morgan fingerprint density at radius 3 is 2.37 bits per heavy atom. The lowest BCUT2D eigenvalue weighted by Crippen LogP contribution is -2.21. The van der Waals surface area contributed by atoms with E-state index in [1.165, 1.54) is 28.0 Å². The molecule has 2 rings (SSSR count). The lowest BCUT2D eigenvalue weighted by Gasteiger charge is -2.17. The molecule has 0 bridgehead atoms. The Kier molecular flexibility index (Phi) is 5.17. The van der Waals surface area contributed by atoms with Crippen LogP contribution in [0.2, 0.25) is 0 Å². The molecular formula is C17H23NS. The van der Waals surface area contributed by atoms with Gasteiger partial charge in [-0.3, -0.25) is 0 Å². The molecule has 0 aliphatic heterocycles. The van der Waals surface area contributed by atoms with Crippen LogP contribution in [0.1, 0.15) is 43.2 Å². The minimum absolute atomic E-state index is 0.484. The average molecular weight is 273 g/mol. The van der Waals surface area contributed by atoms with Gasteiger partial charge in [0.1, 0.15) is 0 Å². The van der Waals surface area contributed by atoms with Gasteiger partial charge in [-0.1, -0.05) is 38.1 Å². The molecule has 1 atom stereocenters. The van der Waals surface area contributed by atoms with E-state index in [0.717, 1.165) is 13.0 Å². The van der Waals surface area contributed by atoms with Crippen molar-refractivity contribution in [3.63, 3.8) is 0 Å². The fourth-order valence-corrected chi connectivity index (χ4v) is 3.12. The summed E-state index contributed by atoms with van der Waals surface area (Å²) in [4.78, 5) is 1.39. The van der Waals surface area contributed by atoms with Gasteiger partial charge < -0.3 is 5.32 Å². The van der Waals surface area contributed by atoms with Gasteiger partial charge in [-0.2, -0.15) is 0 Å². The van der Waals surface area contributed by atoms with Crippen molar-refractivity contribution in [1.29, 1.82) is 0 Å². The van der Waals surface area contributed by atoms with Crippen LogP contribution in [0.25, 0.3) is 11.1 Å². The average Bonchev–Trinajstić information content (AvgIpc) is 2.87. The number of benzene rings is 1. The van der Waals surface area contributed by atoms with Crippen molar-refractivity contribution >= 4 is 11.3 Å². The van der Waals surface area contributed by atoms with Crippen molar-refractivity contribution < 1.29 is 0 Å². The number of thiophene rings is 1. The zero-order valence-corrected chi connectivity index (χ0v) is 12.9. The highest BCUT2D eigenvalue weighted by molar-refractivity contribution is 7.10. The summed E-state index contributed by atoms with van der Waals surface area (Å²) in [5.74, 6) is 0. The maximum atomic E-state index is 3.60. The van der Waals surface area contributed by atoms with Crippen molar-refractivity contribution in [2.75, 3.05) is 6.54 Å². The number of aryl methyl sites for hydroxylation is 1. The molecule has 19 heavy (non-hydrogen) atoms. The summed E-state index contributed by atoms with van der Waals surface area (Å²) in [6, 6.07) is 11.7. The van der Waals surface area contributed by atoms with Gasteiger partial charge in [0, 0.05) is 10.9 Å². The van der Waals surface area contributed by atoms with Crippen LogP contribution in [0, 0.1) is 6.92 Å². The second-order valence-corrected chi connectivity index (χ2v) is 6.05. The predicted octanol–water partition coefficient (Wildman–Crippen LogP) is 5.17. The molecule has 0 fully saturated rings. The minimum atomic E-state index is 0.484.